The highest BCUT2D eigenvalue weighted by Gasteiger charge is 2.27. The summed E-state index contributed by atoms with van der Waals surface area (Å²) in [5.41, 5.74) is 2.52. The average molecular weight is 615 g/mol. The van der Waals surface area contributed by atoms with Gasteiger partial charge in [0.15, 0.2) is 0 Å². The summed E-state index contributed by atoms with van der Waals surface area (Å²) in [5.74, 6) is -2.91. The number of rotatable bonds is 7. The van der Waals surface area contributed by atoms with Gasteiger partial charge in [0.05, 0.1) is 23.2 Å². The van der Waals surface area contributed by atoms with E-state index in [-0.39, 0.29) is 35.3 Å². The predicted molar refractivity (Wildman–Crippen MR) is 159 cm³/mol. The van der Waals surface area contributed by atoms with Gasteiger partial charge >= 0.3 is 12.1 Å². The van der Waals surface area contributed by atoms with Gasteiger partial charge in [-0.3, -0.25) is 15.1 Å². The second kappa shape index (κ2) is 14.3. The molecule has 9 nitrogen and oxygen atoms in total. The van der Waals surface area contributed by atoms with Gasteiger partial charge < -0.3 is 20.1 Å². The van der Waals surface area contributed by atoms with E-state index in [9.17, 15) is 28.3 Å². The first-order valence-electron chi connectivity index (χ1n) is 13.9. The molecular formula is C31H33ClF2N4O5. The molecule has 2 atom stereocenters. The van der Waals surface area contributed by atoms with Gasteiger partial charge in [-0.25, -0.2) is 18.4 Å². The molecule has 0 aliphatic carbocycles. The van der Waals surface area contributed by atoms with Crippen LogP contribution in [0, 0.1) is 18.6 Å². The number of aliphatic carboxylic acids is 1. The third-order valence-electron chi connectivity index (χ3n) is 7.42. The number of nitrogens with one attached hydrogen (secondary N) is 2. The molecule has 1 aliphatic heterocycles. The number of carbonyl (C=O) groups excluding carboxylic acids is 2. The number of benzene rings is 2. The summed E-state index contributed by atoms with van der Waals surface area (Å²) in [4.78, 5) is 43.7. The molecule has 2 heterocycles. The fraction of sp³-hybridized carbons (Fsp3) is 0.355. The maximum absolute atomic E-state index is 14.3. The third kappa shape index (κ3) is 7.98. The molecule has 2 aromatic carbocycles. The quantitative estimate of drug-likeness (QED) is 0.256. The second-order valence-corrected chi connectivity index (χ2v) is 10.8. The highest BCUT2D eigenvalue weighted by Crippen LogP contribution is 2.34. The SMILES string of the molecule is Cc1c(NC(=O)OCCCN(C)C(=O)C2CCCCC(C(=O)O)Nc3ccc(F)cc3-c3ccnc2c3)ccc(Cl)c1F. The van der Waals surface area contributed by atoms with E-state index < -0.39 is 35.7 Å². The Morgan fingerprint density at radius 2 is 1.91 bits per heavy atom. The smallest absolute Gasteiger partial charge is 0.411 e. The number of carbonyl (C=O) groups is 3. The highest BCUT2D eigenvalue weighted by atomic mass is 35.5. The molecule has 0 saturated carbocycles. The van der Waals surface area contributed by atoms with Crippen molar-refractivity contribution in [2.24, 2.45) is 0 Å². The minimum Gasteiger partial charge on any atom is -0.480 e. The Morgan fingerprint density at radius 1 is 1.14 bits per heavy atom. The lowest BCUT2D eigenvalue weighted by Gasteiger charge is -2.25. The van der Waals surface area contributed by atoms with Crippen molar-refractivity contribution >= 4 is 40.9 Å². The molecule has 2 amide bonds. The number of likely N-dealkylation sites (N-methyl/N-ethyl adjacent to an activating group) is 1. The lowest BCUT2D eigenvalue weighted by molar-refractivity contribution is -0.138. The summed E-state index contributed by atoms with van der Waals surface area (Å²) >= 11 is 5.75. The van der Waals surface area contributed by atoms with E-state index in [4.69, 9.17) is 16.3 Å². The van der Waals surface area contributed by atoms with E-state index in [2.05, 4.69) is 15.6 Å². The zero-order valence-corrected chi connectivity index (χ0v) is 24.6. The lowest BCUT2D eigenvalue weighted by Crippen LogP contribution is -2.34. The van der Waals surface area contributed by atoms with Gasteiger partial charge in [0.2, 0.25) is 5.91 Å². The van der Waals surface area contributed by atoms with Gasteiger partial charge in [-0.1, -0.05) is 24.4 Å². The highest BCUT2D eigenvalue weighted by molar-refractivity contribution is 6.30. The molecule has 4 rings (SSSR count). The van der Waals surface area contributed by atoms with Gasteiger partial charge in [0.1, 0.15) is 17.7 Å². The number of carboxylic acid groups (broad SMARTS) is 1. The van der Waals surface area contributed by atoms with Crippen LogP contribution in [-0.4, -0.2) is 59.2 Å². The first kappa shape index (κ1) is 31.7. The largest absolute Gasteiger partial charge is 0.480 e. The van der Waals surface area contributed by atoms with Crippen LogP contribution >= 0.6 is 11.6 Å². The van der Waals surface area contributed by atoms with Gasteiger partial charge in [-0.05, 0) is 74.2 Å². The molecule has 0 radical (unpaired) electrons. The van der Waals surface area contributed by atoms with Crippen LogP contribution in [0.3, 0.4) is 0 Å². The predicted octanol–water partition coefficient (Wildman–Crippen LogP) is 6.61. The number of nitrogens with zero attached hydrogens (tertiary/aromatic N) is 2. The minimum atomic E-state index is -1.01. The van der Waals surface area contributed by atoms with E-state index >= 15 is 0 Å². The number of hydrogen-bond acceptors (Lipinski definition) is 6. The van der Waals surface area contributed by atoms with Gasteiger partial charge in [0, 0.05) is 42.3 Å². The van der Waals surface area contributed by atoms with Crippen LogP contribution in [0.4, 0.5) is 25.0 Å². The van der Waals surface area contributed by atoms with Crippen LogP contribution < -0.4 is 10.6 Å². The molecular weight excluding hydrogens is 582 g/mol. The first-order chi connectivity index (χ1) is 20.5. The summed E-state index contributed by atoms with van der Waals surface area (Å²) in [5, 5.41) is 15.2. The van der Waals surface area contributed by atoms with Crippen molar-refractivity contribution < 1.29 is 33.0 Å². The number of amides is 2. The van der Waals surface area contributed by atoms with E-state index in [1.54, 1.807) is 30.3 Å². The van der Waals surface area contributed by atoms with Crippen molar-refractivity contribution in [2.45, 2.75) is 51.0 Å². The molecule has 2 bridgehead atoms. The van der Waals surface area contributed by atoms with E-state index in [0.29, 0.717) is 54.6 Å². The van der Waals surface area contributed by atoms with E-state index in [1.807, 2.05) is 0 Å². The standard InChI is InChI=1S/C31H33ClF2N4O5/c1-18-24(11-9-23(32)28(18)34)37-31(42)43-15-5-14-38(2)29(39)21-6-3-4-7-26(30(40)41)36-25-10-8-20(33)17-22(25)19-12-13-35-27(21)16-19/h8-13,16-17,21,26,36H,3-7,14-15H2,1-2H3,(H,37,42)(H,40,41). The summed E-state index contributed by atoms with van der Waals surface area (Å²) < 4.78 is 33.5. The zero-order valence-electron chi connectivity index (χ0n) is 23.8. The fourth-order valence-electron chi connectivity index (χ4n) is 5.00. The maximum Gasteiger partial charge on any atom is 0.411 e. The Morgan fingerprint density at radius 3 is 2.67 bits per heavy atom. The Kier molecular flexibility index (Phi) is 10.5. The summed E-state index contributed by atoms with van der Waals surface area (Å²) in [6.07, 6.45) is 3.05. The van der Waals surface area contributed by atoms with Crippen molar-refractivity contribution in [3.8, 4) is 11.1 Å². The van der Waals surface area contributed by atoms with Crippen molar-refractivity contribution in [2.75, 3.05) is 30.8 Å². The van der Waals surface area contributed by atoms with Crippen LogP contribution in [0.5, 0.6) is 0 Å². The molecule has 43 heavy (non-hydrogen) atoms. The molecule has 3 N–H and O–H groups in total. The number of aromatic nitrogens is 1. The molecule has 1 aliphatic rings. The number of halogens is 3. The molecule has 12 heteroatoms. The van der Waals surface area contributed by atoms with E-state index in [1.165, 1.54) is 37.3 Å². The molecule has 0 fully saturated rings. The second-order valence-electron chi connectivity index (χ2n) is 10.4. The van der Waals surface area contributed by atoms with Gasteiger partial charge in [0.25, 0.3) is 0 Å². The fourth-order valence-corrected chi connectivity index (χ4v) is 5.21. The van der Waals surface area contributed by atoms with Crippen molar-refractivity contribution in [3.63, 3.8) is 0 Å². The molecule has 3 aromatic rings. The van der Waals surface area contributed by atoms with Crippen LogP contribution in [0.2, 0.25) is 5.02 Å². The Hall–Kier alpha value is -4.25. The summed E-state index contributed by atoms with van der Waals surface area (Å²) in [6.45, 7) is 1.79. The normalized spacial score (nSPS) is 16.5. The van der Waals surface area contributed by atoms with Crippen LogP contribution in [-0.2, 0) is 14.3 Å². The third-order valence-corrected chi connectivity index (χ3v) is 7.71. The van der Waals surface area contributed by atoms with Crippen molar-refractivity contribution in [1.82, 2.24) is 9.88 Å². The Balaban J connectivity index is 1.43. The Labute approximate surface area is 253 Å². The number of ether oxygens (including phenoxy) is 1. The number of hydrogen-bond donors (Lipinski definition) is 3. The topological polar surface area (TPSA) is 121 Å². The van der Waals surface area contributed by atoms with E-state index in [0.717, 1.165) is 0 Å². The van der Waals surface area contributed by atoms with Crippen LogP contribution in [0.15, 0.2) is 48.7 Å². The summed E-state index contributed by atoms with van der Waals surface area (Å²) in [7, 11) is 1.65. The van der Waals surface area contributed by atoms with Crippen LogP contribution in [0.1, 0.15) is 49.3 Å². The number of pyridine rings is 1. The zero-order chi connectivity index (χ0) is 31.1. The van der Waals surface area contributed by atoms with Gasteiger partial charge in [-0.15, -0.1) is 0 Å². The number of fused-ring (bicyclic) bond motifs is 4. The number of carboxylic acids is 1. The maximum atomic E-state index is 14.3. The first-order valence-corrected chi connectivity index (χ1v) is 14.3. The average Bonchev–Trinajstić information content (AvgIpc) is 2.98. The monoisotopic (exact) mass is 614 g/mol. The molecule has 1 aromatic heterocycles. The minimum absolute atomic E-state index is 0.0168. The summed E-state index contributed by atoms with van der Waals surface area (Å²) in [6, 6.07) is 9.49. The lowest BCUT2D eigenvalue weighted by atomic mass is 9.92. The molecule has 0 spiro atoms. The van der Waals surface area contributed by atoms with Crippen molar-refractivity contribution in [3.05, 3.63) is 76.6 Å². The van der Waals surface area contributed by atoms with Crippen LogP contribution in [0.25, 0.3) is 11.1 Å². The van der Waals surface area contributed by atoms with Crippen molar-refractivity contribution in [1.29, 1.82) is 0 Å². The number of anilines is 2. The van der Waals surface area contributed by atoms with Gasteiger partial charge in [-0.2, -0.15) is 0 Å². The molecule has 0 saturated heterocycles. The molecule has 2 unspecified atom stereocenters. The molecule has 228 valence electrons. The Bertz CT molecular complexity index is 1500.